The number of rotatable bonds is 2. The topological polar surface area (TPSA) is 57.8 Å². The molecule has 22 heavy (non-hydrogen) atoms. The van der Waals surface area contributed by atoms with Crippen molar-refractivity contribution in [3.63, 3.8) is 0 Å². The molecular formula is C15H16F3N3O. The van der Waals surface area contributed by atoms with E-state index in [0.717, 1.165) is 0 Å². The van der Waals surface area contributed by atoms with Gasteiger partial charge in [0, 0.05) is 5.41 Å². The molecule has 0 atom stereocenters. The molecule has 2 aromatic rings. The largest absolute Gasteiger partial charge is 0.433 e. The van der Waals surface area contributed by atoms with Crippen LogP contribution < -0.4 is 5.32 Å². The number of H-pyrrole nitrogens is 1. The number of hydrogen-bond donors (Lipinski definition) is 2. The molecule has 2 N–H and O–H groups in total. The Morgan fingerprint density at radius 3 is 2.23 bits per heavy atom. The summed E-state index contributed by atoms with van der Waals surface area (Å²) >= 11 is 0. The van der Waals surface area contributed by atoms with Crippen molar-refractivity contribution in [2.45, 2.75) is 26.9 Å². The highest BCUT2D eigenvalue weighted by molar-refractivity contribution is 5.97. The number of halogens is 3. The van der Waals surface area contributed by atoms with Crippen molar-refractivity contribution in [3.8, 4) is 11.1 Å². The quantitative estimate of drug-likeness (QED) is 0.878. The molecule has 0 saturated carbocycles. The second-order valence-corrected chi connectivity index (χ2v) is 5.89. The second-order valence-electron chi connectivity index (χ2n) is 5.89. The maximum atomic E-state index is 13.1. The number of carbonyl (C=O) groups excluding carboxylic acids is 1. The van der Waals surface area contributed by atoms with Crippen LogP contribution in [0.15, 0.2) is 30.3 Å². The summed E-state index contributed by atoms with van der Waals surface area (Å²) in [5.41, 5.74) is -1.56. The summed E-state index contributed by atoms with van der Waals surface area (Å²) in [4.78, 5) is 12.0. The van der Waals surface area contributed by atoms with Gasteiger partial charge in [-0.05, 0) is 5.56 Å². The van der Waals surface area contributed by atoms with Gasteiger partial charge in [-0.1, -0.05) is 51.1 Å². The first-order chi connectivity index (χ1) is 10.1. The third-order valence-corrected chi connectivity index (χ3v) is 3.03. The van der Waals surface area contributed by atoms with E-state index in [1.807, 2.05) is 5.10 Å². The normalized spacial score (nSPS) is 12.3. The zero-order chi connectivity index (χ0) is 16.5. The monoisotopic (exact) mass is 311 g/mol. The molecule has 1 amide bonds. The standard InChI is InChI=1S/C15H16F3N3O/c1-14(2,3)13(22)19-12-10(9-7-5-4-6-8-9)11(20-21-12)15(16,17)18/h4-8H,1-3H3,(H2,19,20,21,22). The van der Waals surface area contributed by atoms with Gasteiger partial charge in [0.1, 0.15) is 5.69 Å². The number of amides is 1. The summed E-state index contributed by atoms with van der Waals surface area (Å²) in [5, 5.41) is 8.08. The van der Waals surface area contributed by atoms with E-state index < -0.39 is 23.2 Å². The highest BCUT2D eigenvalue weighted by atomic mass is 19.4. The Morgan fingerprint density at radius 1 is 1.14 bits per heavy atom. The number of nitrogens with one attached hydrogen (secondary N) is 2. The van der Waals surface area contributed by atoms with Crippen molar-refractivity contribution in [3.05, 3.63) is 36.0 Å². The van der Waals surface area contributed by atoms with Gasteiger partial charge >= 0.3 is 6.18 Å². The Kier molecular flexibility index (Phi) is 4.00. The second kappa shape index (κ2) is 5.47. The van der Waals surface area contributed by atoms with Crippen LogP contribution in [0, 0.1) is 5.41 Å². The molecule has 0 aliphatic heterocycles. The van der Waals surface area contributed by atoms with E-state index in [4.69, 9.17) is 0 Å². The van der Waals surface area contributed by atoms with Gasteiger partial charge in [-0.3, -0.25) is 9.89 Å². The molecule has 118 valence electrons. The number of hydrogen-bond acceptors (Lipinski definition) is 2. The molecule has 1 heterocycles. The average Bonchev–Trinajstić information content (AvgIpc) is 2.82. The molecule has 0 aliphatic carbocycles. The van der Waals surface area contributed by atoms with Crippen molar-refractivity contribution in [1.29, 1.82) is 0 Å². The zero-order valence-corrected chi connectivity index (χ0v) is 12.4. The Bertz CT molecular complexity index is 670. The molecule has 2 rings (SSSR count). The van der Waals surface area contributed by atoms with E-state index in [1.165, 1.54) is 12.1 Å². The Labute approximate surface area is 125 Å². The maximum Gasteiger partial charge on any atom is 0.433 e. The molecule has 0 spiro atoms. The smallest absolute Gasteiger partial charge is 0.308 e. The zero-order valence-electron chi connectivity index (χ0n) is 12.4. The van der Waals surface area contributed by atoms with Gasteiger partial charge in [0.15, 0.2) is 5.82 Å². The summed E-state index contributed by atoms with van der Waals surface area (Å²) in [7, 11) is 0. The van der Waals surface area contributed by atoms with Crippen LogP contribution in [0.4, 0.5) is 19.0 Å². The summed E-state index contributed by atoms with van der Waals surface area (Å²) < 4.78 is 39.4. The van der Waals surface area contributed by atoms with E-state index in [0.29, 0.717) is 5.56 Å². The van der Waals surface area contributed by atoms with Gasteiger partial charge in [0.25, 0.3) is 0 Å². The first kappa shape index (κ1) is 16.1. The molecule has 1 aromatic heterocycles. The van der Waals surface area contributed by atoms with Gasteiger partial charge in [0.05, 0.1) is 5.56 Å². The molecule has 0 unspecified atom stereocenters. The van der Waals surface area contributed by atoms with Crippen molar-refractivity contribution < 1.29 is 18.0 Å². The molecule has 0 saturated heterocycles. The van der Waals surface area contributed by atoms with Gasteiger partial charge in [0.2, 0.25) is 5.91 Å². The highest BCUT2D eigenvalue weighted by Crippen LogP contribution is 2.39. The summed E-state index contributed by atoms with van der Waals surface area (Å²) in [6, 6.07) is 8.01. The van der Waals surface area contributed by atoms with Gasteiger partial charge in [-0.25, -0.2) is 0 Å². The number of nitrogens with zero attached hydrogens (tertiary/aromatic N) is 1. The Hall–Kier alpha value is -2.31. The molecule has 0 fully saturated rings. The molecular weight excluding hydrogens is 295 g/mol. The van der Waals surface area contributed by atoms with Crippen LogP contribution in [-0.4, -0.2) is 16.1 Å². The lowest BCUT2D eigenvalue weighted by Crippen LogP contribution is -2.28. The molecule has 1 aromatic carbocycles. The fraction of sp³-hybridized carbons (Fsp3) is 0.333. The van der Waals surface area contributed by atoms with E-state index in [9.17, 15) is 18.0 Å². The fourth-order valence-electron chi connectivity index (χ4n) is 1.82. The van der Waals surface area contributed by atoms with Crippen molar-refractivity contribution in [2.75, 3.05) is 5.32 Å². The van der Waals surface area contributed by atoms with Crippen LogP contribution in [-0.2, 0) is 11.0 Å². The van der Waals surface area contributed by atoms with Gasteiger partial charge in [-0.2, -0.15) is 18.3 Å². The van der Waals surface area contributed by atoms with Crippen molar-refractivity contribution in [2.24, 2.45) is 5.41 Å². The minimum atomic E-state index is -4.59. The van der Waals surface area contributed by atoms with Crippen LogP contribution in [0.3, 0.4) is 0 Å². The first-order valence-electron chi connectivity index (χ1n) is 6.63. The number of alkyl halides is 3. The number of carbonyl (C=O) groups is 1. The number of aromatic nitrogens is 2. The molecule has 0 aliphatic rings. The van der Waals surface area contributed by atoms with Crippen LogP contribution in [0.5, 0.6) is 0 Å². The van der Waals surface area contributed by atoms with Crippen molar-refractivity contribution in [1.82, 2.24) is 10.2 Å². The lowest BCUT2D eigenvalue weighted by molar-refractivity contribution is -0.140. The third kappa shape index (κ3) is 3.29. The molecule has 4 nitrogen and oxygen atoms in total. The Balaban J connectivity index is 2.53. The fourth-order valence-corrected chi connectivity index (χ4v) is 1.82. The highest BCUT2D eigenvalue weighted by Gasteiger charge is 2.38. The molecule has 0 radical (unpaired) electrons. The minimum Gasteiger partial charge on any atom is -0.308 e. The van der Waals surface area contributed by atoms with E-state index >= 15 is 0 Å². The molecule has 7 heteroatoms. The van der Waals surface area contributed by atoms with Crippen molar-refractivity contribution >= 4 is 11.7 Å². The van der Waals surface area contributed by atoms with Crippen LogP contribution in [0.25, 0.3) is 11.1 Å². The van der Waals surface area contributed by atoms with Crippen LogP contribution in [0.1, 0.15) is 26.5 Å². The SMILES string of the molecule is CC(C)(C)C(=O)Nc1n[nH]c(C(F)(F)F)c1-c1ccccc1. The number of aromatic amines is 1. The van der Waals surface area contributed by atoms with Gasteiger partial charge in [-0.15, -0.1) is 0 Å². The van der Waals surface area contributed by atoms with Crippen LogP contribution in [0.2, 0.25) is 0 Å². The van der Waals surface area contributed by atoms with E-state index in [-0.39, 0.29) is 11.4 Å². The van der Waals surface area contributed by atoms with E-state index in [2.05, 4.69) is 10.4 Å². The molecule has 0 bridgehead atoms. The average molecular weight is 311 g/mol. The van der Waals surface area contributed by atoms with E-state index in [1.54, 1.807) is 39.0 Å². The lowest BCUT2D eigenvalue weighted by Gasteiger charge is -2.17. The Morgan fingerprint density at radius 2 is 1.73 bits per heavy atom. The predicted molar refractivity (Wildman–Crippen MR) is 77.1 cm³/mol. The lowest BCUT2D eigenvalue weighted by atomic mass is 9.95. The summed E-state index contributed by atoms with van der Waals surface area (Å²) in [6.45, 7) is 5.01. The number of anilines is 1. The maximum absolute atomic E-state index is 13.1. The summed E-state index contributed by atoms with van der Waals surface area (Å²) in [6.07, 6.45) is -4.59. The first-order valence-corrected chi connectivity index (χ1v) is 6.63. The number of benzene rings is 1. The van der Waals surface area contributed by atoms with Crippen LogP contribution >= 0.6 is 0 Å². The third-order valence-electron chi connectivity index (χ3n) is 3.03. The van der Waals surface area contributed by atoms with Gasteiger partial charge < -0.3 is 5.32 Å². The minimum absolute atomic E-state index is 0.126. The summed E-state index contributed by atoms with van der Waals surface area (Å²) in [5.74, 6) is -0.539. The predicted octanol–water partition coefficient (Wildman–Crippen LogP) is 4.08.